The monoisotopic (exact) mass is 372 g/mol. The third-order valence-electron chi connectivity index (χ3n) is 4.18. The van der Waals surface area contributed by atoms with Crippen molar-refractivity contribution < 1.29 is 18.0 Å². The second-order valence-corrected chi connectivity index (χ2v) is 8.53. The van der Waals surface area contributed by atoms with E-state index in [2.05, 4.69) is 5.32 Å². The van der Waals surface area contributed by atoms with Gasteiger partial charge in [0.1, 0.15) is 0 Å². The number of nitrogens with one attached hydrogen (secondary N) is 1. The van der Waals surface area contributed by atoms with Gasteiger partial charge in [-0.1, -0.05) is 19.1 Å². The Hall–Kier alpha value is -2.67. The summed E-state index contributed by atoms with van der Waals surface area (Å²) in [4.78, 5) is 24.8. The lowest BCUT2D eigenvalue weighted by Crippen LogP contribution is -2.30. The molecule has 26 heavy (non-hydrogen) atoms. The average molecular weight is 372 g/mol. The van der Waals surface area contributed by atoms with Gasteiger partial charge in [0.05, 0.1) is 17.4 Å². The first-order valence-corrected chi connectivity index (χ1v) is 9.85. The van der Waals surface area contributed by atoms with Crippen molar-refractivity contribution in [3.63, 3.8) is 0 Å². The van der Waals surface area contributed by atoms with Gasteiger partial charge in [0.15, 0.2) is 0 Å². The fourth-order valence-electron chi connectivity index (χ4n) is 3.11. The molecule has 1 aliphatic rings. The van der Waals surface area contributed by atoms with Crippen LogP contribution in [0.4, 0.5) is 11.4 Å². The Balaban J connectivity index is 1.90. The smallest absolute Gasteiger partial charge is 0.255 e. The number of rotatable bonds is 3. The molecule has 0 unspecified atom stereocenters. The summed E-state index contributed by atoms with van der Waals surface area (Å²) in [5.74, 6) is -1.65. The van der Waals surface area contributed by atoms with Crippen LogP contribution in [-0.4, -0.2) is 26.0 Å². The van der Waals surface area contributed by atoms with E-state index < -0.39 is 21.8 Å². The summed E-state index contributed by atoms with van der Waals surface area (Å²) < 4.78 is 25.3. The van der Waals surface area contributed by atoms with Crippen molar-refractivity contribution in [1.82, 2.24) is 0 Å². The summed E-state index contributed by atoms with van der Waals surface area (Å²) in [6.45, 7) is 5.46. The molecule has 0 saturated carbocycles. The van der Waals surface area contributed by atoms with Crippen molar-refractivity contribution in [3.8, 4) is 0 Å². The van der Waals surface area contributed by atoms with E-state index in [1.807, 2.05) is 32.0 Å². The van der Waals surface area contributed by atoms with Crippen molar-refractivity contribution in [2.45, 2.75) is 20.8 Å². The lowest BCUT2D eigenvalue weighted by Gasteiger charge is -2.16. The third-order valence-corrected chi connectivity index (χ3v) is 6.05. The highest BCUT2D eigenvalue weighted by Crippen LogP contribution is 2.29. The topological polar surface area (TPSA) is 83.6 Å². The molecule has 1 fully saturated rings. The molecule has 2 aromatic rings. The van der Waals surface area contributed by atoms with Gasteiger partial charge in [-0.2, -0.15) is 0 Å². The molecule has 0 spiro atoms. The standard InChI is InChI=1S/C19H20N2O4S/c1-12-7-13(2)9-16(8-12)20-18(22)15-5-4-6-17(10-15)21-19(23)14(3)11-26(21,24)25/h4-10,14H,11H2,1-3H3,(H,20,22)/t14-/m0/s1. The maximum absolute atomic E-state index is 12.5. The summed E-state index contributed by atoms with van der Waals surface area (Å²) in [6, 6.07) is 11.8. The number of aryl methyl sites for hydroxylation is 2. The quantitative estimate of drug-likeness (QED) is 0.898. The molecule has 1 atom stereocenters. The highest BCUT2D eigenvalue weighted by atomic mass is 32.2. The molecule has 1 saturated heterocycles. The molecule has 6 nitrogen and oxygen atoms in total. The van der Waals surface area contributed by atoms with Gasteiger partial charge in [-0.25, -0.2) is 12.7 Å². The Morgan fingerprint density at radius 2 is 1.77 bits per heavy atom. The summed E-state index contributed by atoms with van der Waals surface area (Å²) in [5, 5.41) is 2.81. The Bertz CT molecular complexity index is 978. The van der Waals surface area contributed by atoms with Gasteiger partial charge in [0, 0.05) is 11.3 Å². The van der Waals surface area contributed by atoms with Crippen molar-refractivity contribution in [2.75, 3.05) is 15.4 Å². The Morgan fingerprint density at radius 1 is 1.12 bits per heavy atom. The molecule has 1 heterocycles. The molecule has 2 aromatic carbocycles. The van der Waals surface area contributed by atoms with Crippen LogP contribution < -0.4 is 9.62 Å². The van der Waals surface area contributed by atoms with Gasteiger partial charge in [-0.05, 0) is 55.3 Å². The van der Waals surface area contributed by atoms with E-state index in [0.29, 0.717) is 5.69 Å². The predicted molar refractivity (Wildman–Crippen MR) is 101 cm³/mol. The van der Waals surface area contributed by atoms with E-state index in [4.69, 9.17) is 0 Å². The van der Waals surface area contributed by atoms with Gasteiger partial charge in [0.25, 0.3) is 5.91 Å². The zero-order valence-electron chi connectivity index (χ0n) is 14.8. The molecule has 7 heteroatoms. The first kappa shape index (κ1) is 18.1. The molecule has 0 aliphatic carbocycles. The predicted octanol–water partition coefficient (Wildman–Crippen LogP) is 2.87. The molecule has 0 aromatic heterocycles. The minimum atomic E-state index is -3.70. The molecule has 2 amide bonds. The minimum Gasteiger partial charge on any atom is -0.322 e. The maximum atomic E-state index is 12.5. The van der Waals surface area contributed by atoms with Crippen LogP contribution in [0.5, 0.6) is 0 Å². The summed E-state index contributed by atoms with van der Waals surface area (Å²) >= 11 is 0. The molecule has 0 radical (unpaired) electrons. The number of carbonyl (C=O) groups excluding carboxylic acids is 2. The van der Waals surface area contributed by atoms with Crippen LogP contribution in [0.1, 0.15) is 28.4 Å². The van der Waals surface area contributed by atoms with E-state index in [0.717, 1.165) is 15.4 Å². The highest BCUT2D eigenvalue weighted by molar-refractivity contribution is 7.94. The average Bonchev–Trinajstić information content (AvgIpc) is 2.74. The fourth-order valence-corrected chi connectivity index (χ4v) is 4.92. The van der Waals surface area contributed by atoms with Crippen molar-refractivity contribution in [1.29, 1.82) is 0 Å². The van der Waals surface area contributed by atoms with Gasteiger partial charge in [-0.15, -0.1) is 0 Å². The zero-order chi connectivity index (χ0) is 19.1. The van der Waals surface area contributed by atoms with Crippen LogP contribution in [0.2, 0.25) is 0 Å². The van der Waals surface area contributed by atoms with Gasteiger partial charge < -0.3 is 5.32 Å². The largest absolute Gasteiger partial charge is 0.322 e. The molecule has 1 aliphatic heterocycles. The SMILES string of the molecule is Cc1cc(C)cc(NC(=O)c2cccc(N3C(=O)[C@@H](C)CS3(=O)=O)c2)c1. The third kappa shape index (κ3) is 3.48. The van der Waals surface area contributed by atoms with Crippen molar-refractivity contribution in [2.24, 2.45) is 5.92 Å². The van der Waals surface area contributed by atoms with Crippen LogP contribution in [0.15, 0.2) is 42.5 Å². The van der Waals surface area contributed by atoms with E-state index in [-0.39, 0.29) is 22.9 Å². The van der Waals surface area contributed by atoms with Gasteiger partial charge in [-0.3, -0.25) is 9.59 Å². The summed E-state index contributed by atoms with van der Waals surface area (Å²) in [5.41, 5.74) is 3.18. The lowest BCUT2D eigenvalue weighted by molar-refractivity contribution is -0.119. The molecular formula is C19H20N2O4S. The number of nitrogens with zero attached hydrogens (tertiary/aromatic N) is 1. The summed E-state index contributed by atoms with van der Waals surface area (Å²) in [6.07, 6.45) is 0. The number of carbonyl (C=O) groups is 2. The Labute approximate surface area is 152 Å². The Morgan fingerprint density at radius 3 is 2.35 bits per heavy atom. The fraction of sp³-hybridized carbons (Fsp3) is 0.263. The van der Waals surface area contributed by atoms with Gasteiger partial charge in [0.2, 0.25) is 15.9 Å². The number of sulfonamides is 1. The first-order chi connectivity index (χ1) is 12.2. The molecule has 1 N–H and O–H groups in total. The normalized spacial score (nSPS) is 18.8. The molecule has 0 bridgehead atoms. The van der Waals surface area contributed by atoms with E-state index >= 15 is 0 Å². The highest BCUT2D eigenvalue weighted by Gasteiger charge is 2.42. The van der Waals surface area contributed by atoms with Crippen LogP contribution >= 0.6 is 0 Å². The van der Waals surface area contributed by atoms with E-state index in [9.17, 15) is 18.0 Å². The van der Waals surface area contributed by atoms with E-state index in [1.165, 1.54) is 12.1 Å². The van der Waals surface area contributed by atoms with E-state index in [1.54, 1.807) is 19.1 Å². The van der Waals surface area contributed by atoms with Crippen LogP contribution in [0.3, 0.4) is 0 Å². The number of amides is 2. The van der Waals surface area contributed by atoms with Crippen LogP contribution in [0, 0.1) is 19.8 Å². The zero-order valence-corrected chi connectivity index (χ0v) is 15.6. The minimum absolute atomic E-state index is 0.187. The second kappa shape index (κ2) is 6.57. The number of hydrogen-bond donors (Lipinski definition) is 1. The Kier molecular flexibility index (Phi) is 4.58. The first-order valence-electron chi connectivity index (χ1n) is 8.24. The number of benzene rings is 2. The second-order valence-electron chi connectivity index (χ2n) is 6.66. The maximum Gasteiger partial charge on any atom is 0.255 e. The molecule has 136 valence electrons. The molecule has 3 rings (SSSR count). The van der Waals surface area contributed by atoms with Crippen molar-refractivity contribution >= 4 is 33.2 Å². The van der Waals surface area contributed by atoms with Crippen molar-refractivity contribution in [3.05, 3.63) is 59.2 Å². The number of anilines is 2. The lowest BCUT2D eigenvalue weighted by atomic mass is 10.1. The van der Waals surface area contributed by atoms with Crippen LogP contribution in [0.25, 0.3) is 0 Å². The van der Waals surface area contributed by atoms with Gasteiger partial charge >= 0.3 is 0 Å². The number of hydrogen-bond acceptors (Lipinski definition) is 4. The molecular weight excluding hydrogens is 352 g/mol. The summed E-state index contributed by atoms with van der Waals surface area (Å²) in [7, 11) is -3.70. The van der Waals surface area contributed by atoms with Crippen LogP contribution in [-0.2, 0) is 14.8 Å².